The summed E-state index contributed by atoms with van der Waals surface area (Å²) < 4.78 is 91.8. The predicted octanol–water partition coefficient (Wildman–Crippen LogP) is 5.52. The number of nitrogens with one attached hydrogen (secondary N) is 2. The van der Waals surface area contributed by atoms with Gasteiger partial charge in [0.15, 0.2) is 0 Å². The van der Waals surface area contributed by atoms with Crippen LogP contribution < -0.4 is 10.6 Å². The zero-order chi connectivity index (χ0) is 23.0. The summed E-state index contributed by atoms with van der Waals surface area (Å²) >= 11 is 3.14. The standard InChI is InChI=1S/C16H8BrF7N6O/c17-9-1-2-12(11(6-9)13-27-28-29-30(13)24)26-14(31)25-10-4-7(15(18,19)20)3-8(5-10)16(21,22)23/h1-6H,(H2,25,26,31). The molecule has 0 aliphatic rings. The van der Waals surface area contributed by atoms with Crippen molar-refractivity contribution in [2.45, 2.75) is 12.4 Å². The van der Waals surface area contributed by atoms with Crippen LogP contribution in [0, 0.1) is 0 Å². The number of hydrogen-bond acceptors (Lipinski definition) is 4. The summed E-state index contributed by atoms with van der Waals surface area (Å²) in [6.45, 7) is 0. The third-order valence-corrected chi connectivity index (χ3v) is 4.24. The normalized spacial score (nSPS) is 12.0. The molecule has 7 nitrogen and oxygen atoms in total. The predicted molar refractivity (Wildman–Crippen MR) is 96.5 cm³/mol. The Hall–Kier alpha value is -3.23. The molecule has 2 amide bonds. The van der Waals surface area contributed by atoms with Crippen molar-refractivity contribution in [1.29, 1.82) is 0 Å². The van der Waals surface area contributed by atoms with Crippen molar-refractivity contribution < 1.29 is 35.6 Å². The Morgan fingerprint density at radius 1 is 0.935 bits per heavy atom. The maximum atomic E-state index is 13.7. The number of rotatable bonds is 3. The van der Waals surface area contributed by atoms with Gasteiger partial charge >= 0.3 is 18.4 Å². The van der Waals surface area contributed by atoms with Gasteiger partial charge in [0, 0.05) is 15.7 Å². The van der Waals surface area contributed by atoms with Gasteiger partial charge in [-0.2, -0.15) is 26.3 Å². The molecule has 15 heteroatoms. The lowest BCUT2D eigenvalue weighted by Crippen LogP contribution is -2.21. The third kappa shape index (κ3) is 5.28. The number of aromatic nitrogens is 4. The number of benzene rings is 2. The molecular weight excluding hydrogens is 505 g/mol. The van der Waals surface area contributed by atoms with Gasteiger partial charge in [-0.15, -0.1) is 5.10 Å². The number of nitrogens with zero attached hydrogens (tertiary/aromatic N) is 4. The van der Waals surface area contributed by atoms with Gasteiger partial charge in [0.25, 0.3) is 0 Å². The van der Waals surface area contributed by atoms with E-state index in [1.165, 1.54) is 18.2 Å². The average Bonchev–Trinajstić information content (AvgIpc) is 3.07. The van der Waals surface area contributed by atoms with E-state index >= 15 is 0 Å². The van der Waals surface area contributed by atoms with Crippen LogP contribution in [0.4, 0.5) is 47.0 Å². The minimum absolute atomic E-state index is 0.0166. The smallest absolute Gasteiger partial charge is 0.308 e. The minimum atomic E-state index is -5.08. The number of carbonyl (C=O) groups is 1. The molecule has 31 heavy (non-hydrogen) atoms. The van der Waals surface area contributed by atoms with Gasteiger partial charge < -0.3 is 10.6 Å². The molecule has 3 rings (SSSR count). The van der Waals surface area contributed by atoms with Crippen LogP contribution in [0.2, 0.25) is 0 Å². The molecule has 164 valence electrons. The van der Waals surface area contributed by atoms with Crippen LogP contribution in [-0.4, -0.2) is 26.5 Å². The van der Waals surface area contributed by atoms with E-state index in [4.69, 9.17) is 0 Å². The van der Waals surface area contributed by atoms with Gasteiger partial charge in [0.1, 0.15) is 0 Å². The molecule has 0 unspecified atom stereocenters. The molecular formula is C16H8BrF7N6O. The first-order valence-electron chi connectivity index (χ1n) is 7.96. The second-order valence-corrected chi connectivity index (χ2v) is 6.84. The highest BCUT2D eigenvalue weighted by atomic mass is 79.9. The first-order chi connectivity index (χ1) is 14.3. The summed E-state index contributed by atoms with van der Waals surface area (Å²) in [6, 6.07) is 3.51. The molecule has 0 aliphatic carbocycles. The van der Waals surface area contributed by atoms with Crippen molar-refractivity contribution in [2.75, 3.05) is 10.6 Å². The highest BCUT2D eigenvalue weighted by Gasteiger charge is 2.37. The van der Waals surface area contributed by atoms with Crippen LogP contribution in [0.15, 0.2) is 40.9 Å². The van der Waals surface area contributed by atoms with E-state index < -0.39 is 41.0 Å². The van der Waals surface area contributed by atoms with Crippen molar-refractivity contribution in [3.63, 3.8) is 0 Å². The lowest BCUT2D eigenvalue weighted by Gasteiger charge is -2.15. The average molecular weight is 513 g/mol. The number of carbonyl (C=O) groups excluding carboxylic acids is 1. The Kier molecular flexibility index (Phi) is 5.89. The van der Waals surface area contributed by atoms with Crippen molar-refractivity contribution in [2.24, 2.45) is 0 Å². The monoisotopic (exact) mass is 512 g/mol. The molecule has 2 aromatic carbocycles. The van der Waals surface area contributed by atoms with Gasteiger partial charge in [-0.3, -0.25) is 0 Å². The maximum absolute atomic E-state index is 13.7. The SMILES string of the molecule is O=C(Nc1cc(C(F)(F)F)cc(C(F)(F)F)c1)Nc1ccc(Br)cc1-c1nnnn1F. The van der Waals surface area contributed by atoms with Crippen LogP contribution in [0.3, 0.4) is 0 Å². The van der Waals surface area contributed by atoms with Crippen molar-refractivity contribution in [1.82, 2.24) is 20.4 Å². The summed E-state index contributed by atoms with van der Waals surface area (Å²) in [5.41, 5.74) is -4.04. The summed E-state index contributed by atoms with van der Waals surface area (Å²) in [5.74, 6) is -0.407. The van der Waals surface area contributed by atoms with E-state index in [9.17, 15) is 35.6 Å². The fraction of sp³-hybridized carbons (Fsp3) is 0.125. The second kappa shape index (κ2) is 8.13. The third-order valence-electron chi connectivity index (χ3n) is 3.75. The Morgan fingerprint density at radius 2 is 1.55 bits per heavy atom. The molecule has 1 heterocycles. The number of halogens is 8. The minimum Gasteiger partial charge on any atom is -0.308 e. The maximum Gasteiger partial charge on any atom is 0.416 e. The molecule has 0 bridgehead atoms. The van der Waals surface area contributed by atoms with Crippen LogP contribution in [0.1, 0.15) is 11.1 Å². The quantitative estimate of drug-likeness (QED) is 0.452. The van der Waals surface area contributed by atoms with Gasteiger partial charge in [0.2, 0.25) is 5.82 Å². The lowest BCUT2D eigenvalue weighted by atomic mass is 10.1. The molecule has 0 saturated carbocycles. The number of tetrazole rings is 1. The fourth-order valence-electron chi connectivity index (χ4n) is 2.45. The number of alkyl halides is 6. The zero-order valence-corrected chi connectivity index (χ0v) is 16.3. The zero-order valence-electron chi connectivity index (χ0n) is 14.7. The van der Waals surface area contributed by atoms with Crippen LogP contribution in [0.5, 0.6) is 0 Å². The molecule has 0 aliphatic heterocycles. The van der Waals surface area contributed by atoms with E-state index in [1.54, 1.807) is 0 Å². The van der Waals surface area contributed by atoms with Crippen LogP contribution in [-0.2, 0) is 12.4 Å². The summed E-state index contributed by atoms with van der Waals surface area (Å²) in [7, 11) is 0. The van der Waals surface area contributed by atoms with Crippen LogP contribution >= 0.6 is 15.9 Å². The van der Waals surface area contributed by atoms with Crippen molar-refractivity contribution in [3.05, 3.63) is 52.0 Å². The first-order valence-corrected chi connectivity index (χ1v) is 8.76. The van der Waals surface area contributed by atoms with E-state index in [1.807, 2.05) is 5.32 Å². The molecule has 3 aromatic rings. The van der Waals surface area contributed by atoms with Gasteiger partial charge in [-0.1, -0.05) is 25.3 Å². The Balaban J connectivity index is 1.91. The largest absolute Gasteiger partial charge is 0.416 e. The van der Waals surface area contributed by atoms with E-state index in [2.05, 4.69) is 36.8 Å². The molecule has 0 atom stereocenters. The van der Waals surface area contributed by atoms with Gasteiger partial charge in [-0.05, 0) is 46.8 Å². The number of hydrogen-bond donors (Lipinski definition) is 2. The molecule has 1 aromatic heterocycles. The highest BCUT2D eigenvalue weighted by molar-refractivity contribution is 9.10. The van der Waals surface area contributed by atoms with Crippen molar-refractivity contribution >= 4 is 33.3 Å². The Bertz CT molecular complexity index is 1100. The van der Waals surface area contributed by atoms with E-state index in [0.717, 1.165) is 0 Å². The van der Waals surface area contributed by atoms with Gasteiger partial charge in [0.05, 0.1) is 16.8 Å². The van der Waals surface area contributed by atoms with Crippen molar-refractivity contribution in [3.8, 4) is 11.4 Å². The van der Waals surface area contributed by atoms with Crippen LogP contribution in [0.25, 0.3) is 11.4 Å². The van der Waals surface area contributed by atoms with E-state index in [0.29, 0.717) is 16.6 Å². The van der Waals surface area contributed by atoms with E-state index in [-0.39, 0.29) is 22.2 Å². The second-order valence-electron chi connectivity index (χ2n) is 5.93. The first kappa shape index (κ1) is 22.5. The topological polar surface area (TPSA) is 84.7 Å². The van der Waals surface area contributed by atoms with Gasteiger partial charge in [-0.25, -0.2) is 4.79 Å². The summed E-state index contributed by atoms with van der Waals surface area (Å²) in [4.78, 5) is 12.1. The summed E-state index contributed by atoms with van der Waals surface area (Å²) in [6.07, 6.45) is -10.2. The number of amides is 2. The Morgan fingerprint density at radius 3 is 2.06 bits per heavy atom. The molecule has 0 fully saturated rings. The molecule has 0 radical (unpaired) electrons. The lowest BCUT2D eigenvalue weighted by molar-refractivity contribution is -0.143. The molecule has 2 N–H and O–H groups in total. The molecule has 0 saturated heterocycles. The summed E-state index contributed by atoms with van der Waals surface area (Å²) in [5, 5.41) is 13.7. The molecule has 0 spiro atoms. The highest BCUT2D eigenvalue weighted by Crippen LogP contribution is 2.37. The number of anilines is 2. The Labute approximate surface area is 176 Å². The fourth-order valence-corrected chi connectivity index (χ4v) is 2.81. The number of urea groups is 1.